The van der Waals surface area contributed by atoms with E-state index in [-0.39, 0.29) is 41.4 Å². The monoisotopic (exact) mass is 817 g/mol. The van der Waals surface area contributed by atoms with Crippen LogP contribution in [-0.2, 0) is 24.4 Å². The first kappa shape index (κ1) is 41.9. The number of methoxy groups -OCH3 is 1. The van der Waals surface area contributed by atoms with Gasteiger partial charge < -0.3 is 29.1 Å². The van der Waals surface area contributed by atoms with Crippen LogP contribution < -0.4 is 24.2 Å². The Morgan fingerprint density at radius 3 is 2.28 bits per heavy atom. The van der Waals surface area contributed by atoms with Crippen molar-refractivity contribution in [3.8, 4) is 23.1 Å². The summed E-state index contributed by atoms with van der Waals surface area (Å²) in [4.78, 5) is 49.8. The zero-order valence-corrected chi connectivity index (χ0v) is 33.0. The van der Waals surface area contributed by atoms with E-state index in [9.17, 15) is 22.8 Å². The number of sulfonamides is 1. The topological polar surface area (TPSA) is 194 Å². The fraction of sp³-hybridized carbons (Fsp3) is 0.250. The lowest BCUT2D eigenvalue weighted by molar-refractivity contribution is -0.152. The number of rotatable bonds is 15. The molecule has 1 aromatic heterocycles. The van der Waals surface area contributed by atoms with Crippen LogP contribution in [0.3, 0.4) is 0 Å². The van der Waals surface area contributed by atoms with Crippen LogP contribution in [0.4, 0.5) is 0 Å². The van der Waals surface area contributed by atoms with Gasteiger partial charge in [0, 0.05) is 16.6 Å². The van der Waals surface area contributed by atoms with Gasteiger partial charge in [-0.05, 0) is 112 Å². The van der Waals surface area contributed by atoms with Gasteiger partial charge in [0.15, 0.2) is 12.7 Å². The number of oxime groups is 1. The van der Waals surface area contributed by atoms with E-state index in [1.165, 1.54) is 43.6 Å². The largest absolute Gasteiger partial charge is 0.496 e. The Morgan fingerprint density at radius 1 is 0.895 bits per heavy atom. The molecule has 17 heteroatoms. The molecular weight excluding hydrogens is 778 g/mol. The summed E-state index contributed by atoms with van der Waals surface area (Å²) in [6.07, 6.45) is 2.68. The quantitative estimate of drug-likeness (QED) is 0.0505. The van der Waals surface area contributed by atoms with E-state index < -0.39 is 28.0 Å². The highest BCUT2D eigenvalue weighted by molar-refractivity contribution is 7.90. The highest BCUT2D eigenvalue weighted by Crippen LogP contribution is 2.25. The normalized spacial score (nSPS) is 12.5. The Kier molecular flexibility index (Phi) is 14.4. The SMILES string of the molecule is CC(C)=NOCCOC(=O)[C@@H](C)Oc1ccc(Oc2cnc3cc(Cl)ccc3n2)cc1.COc1ccccc1C(=O)NS(=O)(=O)c1ccc(C(=O)NC2CC2)cc1. The molecule has 0 unspecified atom stereocenters. The maximum absolute atomic E-state index is 12.4. The number of hydrogen-bond donors (Lipinski definition) is 2. The third kappa shape index (κ3) is 12.6. The zero-order chi connectivity index (χ0) is 41.0. The number of aromatic nitrogens is 2. The average Bonchev–Trinajstić information content (AvgIpc) is 4.02. The number of halogens is 1. The van der Waals surface area contributed by atoms with Crippen molar-refractivity contribution in [2.75, 3.05) is 20.3 Å². The van der Waals surface area contributed by atoms with E-state index in [2.05, 4.69) is 20.4 Å². The van der Waals surface area contributed by atoms with Crippen LogP contribution in [0.5, 0.6) is 23.1 Å². The van der Waals surface area contributed by atoms with Gasteiger partial charge in [-0.2, -0.15) is 0 Å². The number of amides is 2. The van der Waals surface area contributed by atoms with Crippen LogP contribution in [0.25, 0.3) is 11.0 Å². The first-order chi connectivity index (χ1) is 27.3. The fourth-order valence-corrected chi connectivity index (χ4v) is 5.93. The highest BCUT2D eigenvalue weighted by atomic mass is 35.5. The van der Waals surface area contributed by atoms with Crippen molar-refractivity contribution in [3.05, 3.63) is 113 Å². The number of hydrogen-bond acceptors (Lipinski definition) is 13. The van der Waals surface area contributed by atoms with E-state index in [0.29, 0.717) is 39.0 Å². The molecule has 0 radical (unpaired) electrons. The van der Waals surface area contributed by atoms with E-state index in [1.807, 2.05) is 18.6 Å². The first-order valence-corrected chi connectivity index (χ1v) is 19.4. The molecule has 0 saturated heterocycles. The summed E-state index contributed by atoms with van der Waals surface area (Å²) < 4.78 is 48.3. The number of benzene rings is 4. The lowest BCUT2D eigenvalue weighted by Crippen LogP contribution is -2.31. The second-order valence-electron chi connectivity index (χ2n) is 12.6. The van der Waals surface area contributed by atoms with Crippen LogP contribution in [0, 0.1) is 0 Å². The molecule has 2 N–H and O–H groups in total. The number of fused-ring (bicyclic) bond motifs is 1. The third-order valence-corrected chi connectivity index (χ3v) is 9.34. The van der Waals surface area contributed by atoms with Crippen molar-refractivity contribution < 1.29 is 46.6 Å². The van der Waals surface area contributed by atoms with Gasteiger partial charge in [0.25, 0.3) is 21.8 Å². The number of para-hydroxylation sites is 1. The first-order valence-electron chi connectivity index (χ1n) is 17.6. The standard InChI is InChI=1S/C22H22ClN3O5.C18H18N2O5S/c1-14(2)26-29-11-10-28-22(27)15(3)30-17-5-7-18(8-6-17)31-21-13-24-20-12-16(23)4-9-19(20)25-21;1-25-16-5-3-2-4-15(16)18(22)20-26(23,24)14-10-6-12(7-11-14)17(21)19-13-8-9-13/h4-9,12-13,15H,10-11H2,1-3H3;2-7,10-11,13H,8-9H2,1H3,(H,19,21)(H,20,22)/t15-;/m1./s1. The Balaban J connectivity index is 0.000000221. The van der Waals surface area contributed by atoms with Crippen molar-refractivity contribution in [2.45, 2.75) is 50.7 Å². The number of esters is 1. The molecule has 1 aliphatic rings. The van der Waals surface area contributed by atoms with E-state index in [4.69, 9.17) is 35.4 Å². The van der Waals surface area contributed by atoms with Crippen LogP contribution in [0.15, 0.2) is 107 Å². The Labute approximate surface area is 334 Å². The second-order valence-corrected chi connectivity index (χ2v) is 14.7. The minimum absolute atomic E-state index is 0.0924. The lowest BCUT2D eigenvalue weighted by atomic mass is 10.2. The maximum Gasteiger partial charge on any atom is 0.347 e. The van der Waals surface area contributed by atoms with Crippen molar-refractivity contribution >= 4 is 56.2 Å². The predicted octanol–water partition coefficient (Wildman–Crippen LogP) is 6.50. The summed E-state index contributed by atoms with van der Waals surface area (Å²) >= 11 is 5.96. The van der Waals surface area contributed by atoms with Crippen LogP contribution in [0.2, 0.25) is 5.02 Å². The minimum atomic E-state index is -4.07. The molecule has 1 fully saturated rings. The number of ether oxygens (including phenoxy) is 4. The molecule has 2 amide bonds. The molecule has 4 aromatic carbocycles. The van der Waals surface area contributed by atoms with Crippen molar-refractivity contribution in [1.29, 1.82) is 0 Å². The molecule has 0 spiro atoms. The molecular formula is C40H40ClN5O10S. The van der Waals surface area contributed by atoms with Crippen LogP contribution >= 0.6 is 11.6 Å². The van der Waals surface area contributed by atoms with Crippen molar-refractivity contribution in [1.82, 2.24) is 20.0 Å². The van der Waals surface area contributed by atoms with Gasteiger partial charge in [0.1, 0.15) is 23.9 Å². The molecule has 57 heavy (non-hydrogen) atoms. The van der Waals surface area contributed by atoms with Crippen LogP contribution in [-0.4, -0.2) is 74.4 Å². The van der Waals surface area contributed by atoms with Gasteiger partial charge in [-0.15, -0.1) is 0 Å². The summed E-state index contributed by atoms with van der Waals surface area (Å²) in [5.74, 6) is 0.144. The van der Waals surface area contributed by atoms with E-state index >= 15 is 0 Å². The molecule has 298 valence electrons. The number of carbonyl (C=O) groups is 3. The smallest absolute Gasteiger partial charge is 0.347 e. The molecule has 0 aliphatic heterocycles. The molecule has 0 bridgehead atoms. The Hall–Kier alpha value is -6.26. The number of nitrogens with zero attached hydrogens (tertiary/aromatic N) is 3. The van der Waals surface area contributed by atoms with Gasteiger partial charge >= 0.3 is 5.97 Å². The minimum Gasteiger partial charge on any atom is -0.496 e. The Bertz CT molecular complexity index is 2330. The number of nitrogens with one attached hydrogen (secondary N) is 2. The maximum atomic E-state index is 12.4. The summed E-state index contributed by atoms with van der Waals surface area (Å²) in [5.41, 5.74) is 2.62. The summed E-state index contributed by atoms with van der Waals surface area (Å²) in [6, 6.07) is 24.0. The lowest BCUT2D eigenvalue weighted by Gasteiger charge is -2.14. The molecule has 6 rings (SSSR count). The second kappa shape index (κ2) is 19.6. The predicted molar refractivity (Wildman–Crippen MR) is 211 cm³/mol. The van der Waals surface area contributed by atoms with Crippen molar-refractivity contribution in [3.63, 3.8) is 0 Å². The molecule has 1 aliphatic carbocycles. The van der Waals surface area contributed by atoms with Gasteiger partial charge in [-0.3, -0.25) is 9.59 Å². The summed E-state index contributed by atoms with van der Waals surface area (Å²) in [5, 5.41) is 7.18. The molecule has 1 atom stereocenters. The van der Waals surface area contributed by atoms with Crippen LogP contribution in [0.1, 0.15) is 54.3 Å². The highest BCUT2D eigenvalue weighted by Gasteiger charge is 2.25. The average molecular weight is 818 g/mol. The number of carbonyl (C=O) groups excluding carboxylic acids is 3. The molecule has 5 aromatic rings. The molecule has 1 saturated carbocycles. The van der Waals surface area contributed by atoms with Gasteiger partial charge in [0.05, 0.1) is 40.5 Å². The molecule has 1 heterocycles. The third-order valence-electron chi connectivity index (χ3n) is 7.76. The fourth-order valence-electron chi connectivity index (χ4n) is 4.80. The van der Waals surface area contributed by atoms with Gasteiger partial charge in [-0.25, -0.2) is 27.9 Å². The van der Waals surface area contributed by atoms with E-state index in [0.717, 1.165) is 18.6 Å². The summed E-state index contributed by atoms with van der Waals surface area (Å²) in [6.45, 7) is 5.50. The molecule has 15 nitrogen and oxygen atoms in total. The summed E-state index contributed by atoms with van der Waals surface area (Å²) in [7, 11) is -2.68. The Morgan fingerprint density at radius 2 is 1.60 bits per heavy atom. The van der Waals surface area contributed by atoms with Gasteiger partial charge in [-0.1, -0.05) is 28.9 Å². The van der Waals surface area contributed by atoms with E-state index in [1.54, 1.807) is 67.6 Å². The zero-order valence-electron chi connectivity index (χ0n) is 31.4. The van der Waals surface area contributed by atoms with Gasteiger partial charge in [0.2, 0.25) is 5.88 Å². The van der Waals surface area contributed by atoms with Crippen molar-refractivity contribution in [2.24, 2.45) is 5.16 Å².